The van der Waals surface area contributed by atoms with Crippen molar-refractivity contribution in [2.45, 2.75) is 26.5 Å². The SMILES string of the molecule is CC(C)n1ncnc1COc1ccc([N+](=O)[O-])c(Cl)c1. The Balaban J connectivity index is 2.09. The van der Waals surface area contributed by atoms with Crippen molar-refractivity contribution < 1.29 is 9.66 Å². The van der Waals surface area contributed by atoms with E-state index >= 15 is 0 Å². The zero-order chi connectivity index (χ0) is 14.7. The third kappa shape index (κ3) is 3.05. The molecule has 0 unspecified atom stereocenters. The van der Waals surface area contributed by atoms with Crippen molar-refractivity contribution in [3.05, 3.63) is 45.5 Å². The Morgan fingerprint density at radius 3 is 2.85 bits per heavy atom. The van der Waals surface area contributed by atoms with Gasteiger partial charge in [0, 0.05) is 18.2 Å². The lowest BCUT2D eigenvalue weighted by Crippen LogP contribution is -2.10. The van der Waals surface area contributed by atoms with Crippen LogP contribution in [-0.4, -0.2) is 19.7 Å². The first-order valence-electron chi connectivity index (χ1n) is 5.94. The zero-order valence-electron chi connectivity index (χ0n) is 11.0. The molecule has 0 aliphatic carbocycles. The summed E-state index contributed by atoms with van der Waals surface area (Å²) in [6.07, 6.45) is 1.46. The van der Waals surface area contributed by atoms with E-state index < -0.39 is 4.92 Å². The number of nitro groups is 1. The van der Waals surface area contributed by atoms with E-state index in [-0.39, 0.29) is 23.4 Å². The maximum atomic E-state index is 10.7. The largest absolute Gasteiger partial charge is 0.486 e. The first kappa shape index (κ1) is 14.3. The zero-order valence-corrected chi connectivity index (χ0v) is 11.7. The number of hydrogen-bond acceptors (Lipinski definition) is 5. The maximum absolute atomic E-state index is 10.7. The summed E-state index contributed by atoms with van der Waals surface area (Å²) in [6, 6.07) is 4.40. The second kappa shape index (κ2) is 5.87. The summed E-state index contributed by atoms with van der Waals surface area (Å²) < 4.78 is 7.27. The van der Waals surface area contributed by atoms with Gasteiger partial charge in [-0.15, -0.1) is 0 Å². The van der Waals surface area contributed by atoms with Crippen LogP contribution in [0.3, 0.4) is 0 Å². The third-order valence-electron chi connectivity index (χ3n) is 2.62. The molecule has 0 aliphatic rings. The average molecular weight is 297 g/mol. The van der Waals surface area contributed by atoms with Gasteiger partial charge in [0.25, 0.3) is 5.69 Å². The Hall–Kier alpha value is -2.15. The van der Waals surface area contributed by atoms with Gasteiger partial charge in [0.2, 0.25) is 0 Å². The van der Waals surface area contributed by atoms with E-state index in [9.17, 15) is 10.1 Å². The van der Waals surface area contributed by atoms with Crippen LogP contribution in [0.1, 0.15) is 25.7 Å². The molecule has 1 aromatic carbocycles. The quantitative estimate of drug-likeness (QED) is 0.625. The molecule has 7 nitrogen and oxygen atoms in total. The van der Waals surface area contributed by atoms with Gasteiger partial charge in [-0.2, -0.15) is 5.10 Å². The van der Waals surface area contributed by atoms with Crippen molar-refractivity contribution in [1.82, 2.24) is 14.8 Å². The van der Waals surface area contributed by atoms with Crippen LogP contribution in [0, 0.1) is 10.1 Å². The topological polar surface area (TPSA) is 83.1 Å². The minimum Gasteiger partial charge on any atom is -0.486 e. The lowest BCUT2D eigenvalue weighted by molar-refractivity contribution is -0.384. The molecule has 0 N–H and O–H groups in total. The van der Waals surface area contributed by atoms with Crippen LogP contribution in [0.2, 0.25) is 5.02 Å². The molecule has 2 aromatic rings. The van der Waals surface area contributed by atoms with Crippen molar-refractivity contribution in [2.24, 2.45) is 0 Å². The number of nitro benzene ring substituents is 1. The predicted octanol–water partition coefficient (Wildman–Crippen LogP) is 3.00. The molecule has 1 aromatic heterocycles. The van der Waals surface area contributed by atoms with Crippen molar-refractivity contribution in [3.63, 3.8) is 0 Å². The van der Waals surface area contributed by atoms with Gasteiger partial charge in [-0.1, -0.05) is 11.6 Å². The highest BCUT2D eigenvalue weighted by molar-refractivity contribution is 6.32. The molecule has 0 aliphatic heterocycles. The van der Waals surface area contributed by atoms with Gasteiger partial charge in [0.05, 0.1) is 4.92 Å². The van der Waals surface area contributed by atoms with Crippen LogP contribution < -0.4 is 4.74 Å². The summed E-state index contributed by atoms with van der Waals surface area (Å²) in [5.74, 6) is 1.12. The summed E-state index contributed by atoms with van der Waals surface area (Å²) in [5.41, 5.74) is -0.149. The van der Waals surface area contributed by atoms with E-state index in [1.807, 2.05) is 13.8 Å². The molecule has 0 saturated heterocycles. The lowest BCUT2D eigenvalue weighted by atomic mass is 10.3. The fourth-order valence-corrected chi connectivity index (χ4v) is 1.92. The molecule has 0 fully saturated rings. The molecule has 0 atom stereocenters. The highest BCUT2D eigenvalue weighted by Crippen LogP contribution is 2.28. The standard InChI is InChI=1S/C12H13ClN4O3/c1-8(2)16-12(14-7-15-16)6-20-9-3-4-11(17(18)19)10(13)5-9/h3-5,7-8H,6H2,1-2H3. The molecule has 0 amide bonds. The number of hydrogen-bond donors (Lipinski definition) is 0. The van der Waals surface area contributed by atoms with Gasteiger partial charge in [-0.05, 0) is 19.9 Å². The van der Waals surface area contributed by atoms with Crippen molar-refractivity contribution in [3.8, 4) is 5.75 Å². The highest BCUT2D eigenvalue weighted by Gasteiger charge is 2.13. The van der Waals surface area contributed by atoms with Gasteiger partial charge in [0.15, 0.2) is 5.82 Å². The summed E-state index contributed by atoms with van der Waals surface area (Å²) >= 11 is 5.81. The minimum atomic E-state index is -0.540. The number of aromatic nitrogens is 3. The van der Waals surface area contributed by atoms with Crippen molar-refractivity contribution in [2.75, 3.05) is 0 Å². The molecule has 0 saturated carbocycles. The molecule has 1 heterocycles. The number of nitrogens with zero attached hydrogens (tertiary/aromatic N) is 4. The van der Waals surface area contributed by atoms with E-state index in [4.69, 9.17) is 16.3 Å². The Bertz CT molecular complexity index is 627. The van der Waals surface area contributed by atoms with Crippen LogP contribution in [0.5, 0.6) is 5.75 Å². The molecule has 20 heavy (non-hydrogen) atoms. The van der Waals surface area contributed by atoms with Crippen molar-refractivity contribution >= 4 is 17.3 Å². The second-order valence-corrected chi connectivity index (χ2v) is 4.78. The van der Waals surface area contributed by atoms with Gasteiger partial charge < -0.3 is 4.74 Å². The summed E-state index contributed by atoms with van der Waals surface area (Å²) in [4.78, 5) is 14.2. The Kier molecular flexibility index (Phi) is 4.19. The first-order chi connectivity index (χ1) is 9.49. The average Bonchev–Trinajstić information content (AvgIpc) is 2.84. The highest BCUT2D eigenvalue weighted by atomic mass is 35.5. The van der Waals surface area contributed by atoms with Crippen LogP contribution in [0.4, 0.5) is 5.69 Å². The minimum absolute atomic E-state index is 0.0397. The Morgan fingerprint density at radius 2 is 2.25 bits per heavy atom. The molecular formula is C12H13ClN4O3. The van der Waals surface area contributed by atoms with Gasteiger partial charge in [0.1, 0.15) is 23.7 Å². The predicted molar refractivity (Wildman–Crippen MR) is 72.8 cm³/mol. The molecule has 106 valence electrons. The Morgan fingerprint density at radius 1 is 1.50 bits per heavy atom. The first-order valence-corrected chi connectivity index (χ1v) is 6.32. The van der Waals surface area contributed by atoms with Crippen LogP contribution in [0.25, 0.3) is 0 Å². The second-order valence-electron chi connectivity index (χ2n) is 4.37. The molecule has 0 radical (unpaired) electrons. The van der Waals surface area contributed by atoms with E-state index in [1.54, 1.807) is 4.68 Å². The van der Waals surface area contributed by atoms with E-state index in [0.717, 1.165) is 0 Å². The number of rotatable bonds is 5. The summed E-state index contributed by atoms with van der Waals surface area (Å²) in [6.45, 7) is 4.19. The summed E-state index contributed by atoms with van der Waals surface area (Å²) in [5, 5.41) is 14.8. The van der Waals surface area contributed by atoms with E-state index in [1.165, 1.54) is 24.5 Å². The molecule has 0 bridgehead atoms. The molecule has 0 spiro atoms. The van der Waals surface area contributed by atoms with E-state index in [0.29, 0.717) is 11.6 Å². The van der Waals surface area contributed by atoms with E-state index in [2.05, 4.69) is 10.1 Å². The lowest BCUT2D eigenvalue weighted by Gasteiger charge is -2.10. The Labute approximate surface area is 120 Å². The number of benzene rings is 1. The van der Waals surface area contributed by atoms with Crippen LogP contribution in [0.15, 0.2) is 24.5 Å². The van der Waals surface area contributed by atoms with Gasteiger partial charge in [-0.25, -0.2) is 9.67 Å². The smallest absolute Gasteiger partial charge is 0.288 e. The third-order valence-corrected chi connectivity index (χ3v) is 2.92. The monoisotopic (exact) mass is 296 g/mol. The molecular weight excluding hydrogens is 284 g/mol. The molecule has 8 heteroatoms. The van der Waals surface area contributed by atoms with Gasteiger partial charge >= 0.3 is 0 Å². The summed E-state index contributed by atoms with van der Waals surface area (Å²) in [7, 11) is 0. The number of halogens is 1. The fraction of sp³-hybridized carbons (Fsp3) is 0.333. The van der Waals surface area contributed by atoms with Crippen LogP contribution >= 0.6 is 11.6 Å². The number of ether oxygens (including phenoxy) is 1. The maximum Gasteiger partial charge on any atom is 0.288 e. The normalized spacial score (nSPS) is 10.8. The molecule has 2 rings (SSSR count). The van der Waals surface area contributed by atoms with Crippen molar-refractivity contribution in [1.29, 1.82) is 0 Å². The van der Waals surface area contributed by atoms with Crippen LogP contribution in [-0.2, 0) is 6.61 Å². The van der Waals surface area contributed by atoms with Gasteiger partial charge in [-0.3, -0.25) is 10.1 Å². The fourth-order valence-electron chi connectivity index (χ4n) is 1.68.